The standard InChI is InChI=1S/C17H24N2O4/c1-18-15(11-16(20)21)14-7-9-19(10-8-14)17(22)23-12-13-5-3-2-4-6-13/h2-6,14-15,18H,7-12H2,1H3,(H,20,21). The molecule has 23 heavy (non-hydrogen) atoms. The van der Waals surface area contributed by atoms with Gasteiger partial charge in [-0.1, -0.05) is 30.3 Å². The molecule has 0 aliphatic carbocycles. The first-order valence-electron chi connectivity index (χ1n) is 7.95. The normalized spacial score (nSPS) is 16.8. The summed E-state index contributed by atoms with van der Waals surface area (Å²) in [7, 11) is 1.79. The molecule has 1 heterocycles. The maximum absolute atomic E-state index is 12.1. The third kappa shape index (κ3) is 5.25. The van der Waals surface area contributed by atoms with Gasteiger partial charge in [-0.25, -0.2) is 4.79 Å². The highest BCUT2D eigenvalue weighted by atomic mass is 16.6. The van der Waals surface area contributed by atoms with Crippen LogP contribution in [-0.2, 0) is 16.1 Å². The summed E-state index contributed by atoms with van der Waals surface area (Å²) < 4.78 is 5.33. The number of rotatable bonds is 6. The van der Waals surface area contributed by atoms with Crippen molar-refractivity contribution in [2.75, 3.05) is 20.1 Å². The molecule has 126 valence electrons. The molecule has 0 radical (unpaired) electrons. The van der Waals surface area contributed by atoms with Crippen molar-refractivity contribution >= 4 is 12.1 Å². The van der Waals surface area contributed by atoms with Crippen LogP contribution in [0.5, 0.6) is 0 Å². The molecule has 0 saturated carbocycles. The quantitative estimate of drug-likeness (QED) is 0.839. The van der Waals surface area contributed by atoms with E-state index >= 15 is 0 Å². The lowest BCUT2D eigenvalue weighted by atomic mass is 9.88. The van der Waals surface area contributed by atoms with Crippen LogP contribution in [0.3, 0.4) is 0 Å². The molecule has 1 aliphatic heterocycles. The molecule has 1 amide bonds. The molecule has 1 aromatic rings. The van der Waals surface area contributed by atoms with Crippen LogP contribution >= 0.6 is 0 Å². The Bertz CT molecular complexity index is 513. The van der Waals surface area contributed by atoms with E-state index in [1.165, 1.54) is 0 Å². The fourth-order valence-electron chi connectivity index (χ4n) is 2.99. The molecule has 0 aromatic heterocycles. The highest BCUT2D eigenvalue weighted by Gasteiger charge is 2.29. The van der Waals surface area contributed by atoms with Crippen LogP contribution in [0, 0.1) is 5.92 Å². The van der Waals surface area contributed by atoms with E-state index in [1.54, 1.807) is 11.9 Å². The van der Waals surface area contributed by atoms with Gasteiger partial charge in [-0.2, -0.15) is 0 Å². The predicted octanol–water partition coefficient (Wildman–Crippen LogP) is 2.10. The van der Waals surface area contributed by atoms with Crippen molar-refractivity contribution in [3.8, 4) is 0 Å². The van der Waals surface area contributed by atoms with Gasteiger partial charge in [0.2, 0.25) is 0 Å². The van der Waals surface area contributed by atoms with Crippen molar-refractivity contribution in [1.82, 2.24) is 10.2 Å². The number of carboxylic acid groups (broad SMARTS) is 1. The van der Waals surface area contributed by atoms with Gasteiger partial charge in [-0.3, -0.25) is 4.79 Å². The fraction of sp³-hybridized carbons (Fsp3) is 0.529. The Labute approximate surface area is 136 Å². The number of carbonyl (C=O) groups excluding carboxylic acids is 1. The number of nitrogens with zero attached hydrogens (tertiary/aromatic N) is 1. The second-order valence-corrected chi connectivity index (χ2v) is 5.86. The van der Waals surface area contributed by atoms with Crippen LogP contribution in [-0.4, -0.2) is 48.2 Å². The van der Waals surface area contributed by atoms with E-state index in [1.807, 2.05) is 30.3 Å². The summed E-state index contributed by atoms with van der Waals surface area (Å²) in [5.74, 6) is -0.525. The highest BCUT2D eigenvalue weighted by Crippen LogP contribution is 2.23. The monoisotopic (exact) mass is 320 g/mol. The zero-order valence-electron chi connectivity index (χ0n) is 13.4. The first-order chi connectivity index (χ1) is 11.1. The highest BCUT2D eigenvalue weighted by molar-refractivity contribution is 5.68. The Hall–Kier alpha value is -2.08. The largest absolute Gasteiger partial charge is 0.481 e. The van der Waals surface area contributed by atoms with Crippen molar-refractivity contribution in [3.05, 3.63) is 35.9 Å². The molecule has 1 fully saturated rings. The van der Waals surface area contributed by atoms with Crippen molar-refractivity contribution in [2.24, 2.45) is 5.92 Å². The summed E-state index contributed by atoms with van der Waals surface area (Å²) >= 11 is 0. The SMILES string of the molecule is CNC(CC(=O)O)C1CCN(C(=O)OCc2ccccc2)CC1. The number of amides is 1. The van der Waals surface area contributed by atoms with E-state index in [0.717, 1.165) is 18.4 Å². The zero-order valence-corrected chi connectivity index (χ0v) is 13.4. The molecule has 6 heteroatoms. The summed E-state index contributed by atoms with van der Waals surface area (Å²) in [4.78, 5) is 24.7. The van der Waals surface area contributed by atoms with Gasteiger partial charge >= 0.3 is 12.1 Å². The first kappa shape index (κ1) is 17.3. The molecule has 1 atom stereocenters. The number of hydrogen-bond donors (Lipinski definition) is 2. The van der Waals surface area contributed by atoms with E-state index in [4.69, 9.17) is 9.84 Å². The summed E-state index contributed by atoms with van der Waals surface area (Å²) in [5, 5.41) is 12.0. The second kappa shape index (κ2) is 8.53. The van der Waals surface area contributed by atoms with E-state index < -0.39 is 5.97 Å². The number of piperidine rings is 1. The van der Waals surface area contributed by atoms with E-state index in [2.05, 4.69) is 5.32 Å². The Balaban J connectivity index is 1.77. The molecule has 1 saturated heterocycles. The fourth-order valence-corrected chi connectivity index (χ4v) is 2.99. The second-order valence-electron chi connectivity index (χ2n) is 5.86. The molecule has 1 unspecified atom stereocenters. The lowest BCUT2D eigenvalue weighted by Gasteiger charge is -2.35. The average molecular weight is 320 g/mol. The molecular weight excluding hydrogens is 296 g/mol. The molecule has 0 spiro atoms. The molecular formula is C17H24N2O4. The van der Waals surface area contributed by atoms with Gasteiger partial charge in [0.05, 0.1) is 6.42 Å². The Morgan fingerprint density at radius 3 is 2.52 bits per heavy atom. The van der Waals surface area contributed by atoms with Crippen molar-refractivity contribution < 1.29 is 19.4 Å². The number of ether oxygens (including phenoxy) is 1. The van der Waals surface area contributed by atoms with Gasteiger partial charge in [0.15, 0.2) is 0 Å². The number of aliphatic carboxylic acids is 1. The number of nitrogens with one attached hydrogen (secondary N) is 1. The average Bonchev–Trinajstić information content (AvgIpc) is 2.58. The van der Waals surface area contributed by atoms with Gasteiger partial charge in [0, 0.05) is 19.1 Å². The molecule has 2 rings (SSSR count). The first-order valence-corrected chi connectivity index (χ1v) is 7.95. The minimum atomic E-state index is -0.797. The van der Waals surface area contributed by atoms with Crippen LogP contribution < -0.4 is 5.32 Å². The van der Waals surface area contributed by atoms with Gasteiger partial charge in [-0.05, 0) is 31.4 Å². The lowest BCUT2D eigenvalue weighted by molar-refractivity contribution is -0.138. The minimum Gasteiger partial charge on any atom is -0.481 e. The lowest BCUT2D eigenvalue weighted by Crippen LogP contribution is -2.45. The van der Waals surface area contributed by atoms with Gasteiger partial charge < -0.3 is 20.1 Å². The maximum Gasteiger partial charge on any atom is 0.410 e. The van der Waals surface area contributed by atoms with Crippen molar-refractivity contribution in [2.45, 2.75) is 31.9 Å². The number of carboxylic acids is 1. The van der Waals surface area contributed by atoms with Crippen LogP contribution in [0.1, 0.15) is 24.8 Å². The molecule has 2 N–H and O–H groups in total. The van der Waals surface area contributed by atoms with Crippen molar-refractivity contribution in [1.29, 1.82) is 0 Å². The number of benzene rings is 1. The van der Waals surface area contributed by atoms with Gasteiger partial charge in [0.25, 0.3) is 0 Å². The summed E-state index contributed by atoms with van der Waals surface area (Å²) in [5.41, 5.74) is 0.965. The van der Waals surface area contributed by atoms with Crippen LogP contribution in [0.2, 0.25) is 0 Å². The molecule has 0 bridgehead atoms. The van der Waals surface area contributed by atoms with Crippen LogP contribution in [0.15, 0.2) is 30.3 Å². The summed E-state index contributed by atoms with van der Waals surface area (Å²) in [6, 6.07) is 9.54. The number of likely N-dealkylation sites (tertiary alicyclic amines) is 1. The van der Waals surface area contributed by atoms with E-state index in [9.17, 15) is 9.59 Å². The molecule has 6 nitrogen and oxygen atoms in total. The molecule has 1 aromatic carbocycles. The van der Waals surface area contributed by atoms with Gasteiger partial charge in [-0.15, -0.1) is 0 Å². The van der Waals surface area contributed by atoms with Crippen molar-refractivity contribution in [3.63, 3.8) is 0 Å². The Kier molecular flexibility index (Phi) is 6.40. The Morgan fingerprint density at radius 2 is 1.96 bits per heavy atom. The Morgan fingerprint density at radius 1 is 1.30 bits per heavy atom. The van der Waals surface area contributed by atoms with Gasteiger partial charge in [0.1, 0.15) is 6.61 Å². The van der Waals surface area contributed by atoms with E-state index in [0.29, 0.717) is 13.1 Å². The topological polar surface area (TPSA) is 78.9 Å². The smallest absolute Gasteiger partial charge is 0.410 e. The minimum absolute atomic E-state index is 0.0463. The van der Waals surface area contributed by atoms with Crippen LogP contribution in [0.25, 0.3) is 0 Å². The number of carbonyl (C=O) groups is 2. The third-order valence-electron chi connectivity index (χ3n) is 4.34. The number of hydrogen-bond acceptors (Lipinski definition) is 4. The molecule has 1 aliphatic rings. The zero-order chi connectivity index (χ0) is 16.7. The maximum atomic E-state index is 12.1. The third-order valence-corrected chi connectivity index (χ3v) is 4.34. The van der Waals surface area contributed by atoms with Crippen LogP contribution in [0.4, 0.5) is 4.79 Å². The summed E-state index contributed by atoms with van der Waals surface area (Å²) in [6.45, 7) is 1.49. The predicted molar refractivity (Wildman–Crippen MR) is 86.0 cm³/mol. The summed E-state index contributed by atoms with van der Waals surface area (Å²) in [6.07, 6.45) is 1.39. The van der Waals surface area contributed by atoms with E-state index in [-0.39, 0.29) is 31.1 Å².